The van der Waals surface area contributed by atoms with E-state index in [4.69, 9.17) is 0 Å². The predicted octanol–water partition coefficient (Wildman–Crippen LogP) is 1.31. The Bertz CT molecular complexity index is 539. The van der Waals surface area contributed by atoms with Gasteiger partial charge in [0.15, 0.2) is 0 Å². The van der Waals surface area contributed by atoms with Crippen LogP contribution < -0.4 is 5.43 Å². The molecule has 1 aromatic carbocycles. The number of hydrogen-bond donors (Lipinski definition) is 1. The Morgan fingerprint density at radius 1 is 1.25 bits per heavy atom. The van der Waals surface area contributed by atoms with Gasteiger partial charge in [0, 0.05) is 12.1 Å². The van der Waals surface area contributed by atoms with Gasteiger partial charge in [0.25, 0.3) is 11.8 Å². The molecule has 1 N–H and O–H groups in total. The van der Waals surface area contributed by atoms with Crippen molar-refractivity contribution in [3.05, 3.63) is 35.4 Å². The highest BCUT2D eigenvalue weighted by atomic mass is 16.2. The first-order chi connectivity index (χ1) is 9.52. The molecular formula is C14H17N3O3. The molecular weight excluding hydrogens is 258 g/mol. The number of hydrogen-bond acceptors (Lipinski definition) is 3. The Balaban J connectivity index is 2.03. The quantitative estimate of drug-likeness (QED) is 0.842. The van der Waals surface area contributed by atoms with E-state index in [1.807, 2.05) is 26.0 Å². The third-order valence-electron chi connectivity index (χ3n) is 3.05. The van der Waals surface area contributed by atoms with E-state index in [1.165, 1.54) is 0 Å². The summed E-state index contributed by atoms with van der Waals surface area (Å²) in [5.74, 6) is -0.689. The SMILES string of the molecule is CCCN1C(=O)CN(NC(=O)c2ccc(C)cc2)C1=O. The molecule has 0 radical (unpaired) electrons. The first kappa shape index (κ1) is 14.0. The van der Waals surface area contributed by atoms with Gasteiger partial charge in [0.1, 0.15) is 6.54 Å². The molecule has 0 atom stereocenters. The minimum absolute atomic E-state index is 0.115. The van der Waals surface area contributed by atoms with Gasteiger partial charge >= 0.3 is 6.03 Å². The molecule has 6 nitrogen and oxygen atoms in total. The van der Waals surface area contributed by atoms with Crippen LogP contribution in [-0.2, 0) is 4.79 Å². The summed E-state index contributed by atoms with van der Waals surface area (Å²) < 4.78 is 0. The number of carbonyl (C=O) groups excluding carboxylic acids is 3. The van der Waals surface area contributed by atoms with Gasteiger partial charge in [-0.2, -0.15) is 0 Å². The van der Waals surface area contributed by atoms with Crippen LogP contribution in [0.5, 0.6) is 0 Å². The monoisotopic (exact) mass is 275 g/mol. The van der Waals surface area contributed by atoms with E-state index < -0.39 is 11.9 Å². The Morgan fingerprint density at radius 2 is 1.90 bits per heavy atom. The molecule has 1 fully saturated rings. The van der Waals surface area contributed by atoms with E-state index in [2.05, 4.69) is 5.43 Å². The molecule has 0 unspecified atom stereocenters. The number of nitrogens with zero attached hydrogens (tertiary/aromatic N) is 2. The van der Waals surface area contributed by atoms with Gasteiger partial charge in [-0.25, -0.2) is 9.80 Å². The maximum atomic E-state index is 12.0. The van der Waals surface area contributed by atoms with Gasteiger partial charge in [-0.05, 0) is 25.5 Å². The highest BCUT2D eigenvalue weighted by Crippen LogP contribution is 2.10. The van der Waals surface area contributed by atoms with Crippen LogP contribution in [0.4, 0.5) is 4.79 Å². The second-order valence-electron chi connectivity index (χ2n) is 4.72. The second-order valence-corrected chi connectivity index (χ2v) is 4.72. The highest BCUT2D eigenvalue weighted by molar-refractivity contribution is 6.04. The Labute approximate surface area is 117 Å². The zero-order chi connectivity index (χ0) is 14.7. The summed E-state index contributed by atoms with van der Waals surface area (Å²) in [6, 6.07) is 6.51. The van der Waals surface area contributed by atoms with Crippen molar-refractivity contribution in [3.8, 4) is 0 Å². The summed E-state index contributed by atoms with van der Waals surface area (Å²) in [6.45, 7) is 4.06. The van der Waals surface area contributed by atoms with Crippen LogP contribution in [0.3, 0.4) is 0 Å². The minimum Gasteiger partial charge on any atom is -0.272 e. The van der Waals surface area contributed by atoms with Crippen molar-refractivity contribution >= 4 is 17.8 Å². The lowest BCUT2D eigenvalue weighted by molar-refractivity contribution is -0.125. The fourth-order valence-corrected chi connectivity index (χ4v) is 1.96. The van der Waals surface area contributed by atoms with Crippen molar-refractivity contribution in [3.63, 3.8) is 0 Å². The molecule has 0 saturated carbocycles. The molecule has 4 amide bonds. The zero-order valence-electron chi connectivity index (χ0n) is 11.5. The van der Waals surface area contributed by atoms with E-state index in [9.17, 15) is 14.4 Å². The standard InChI is InChI=1S/C14H17N3O3/c1-3-8-16-12(18)9-17(14(16)20)15-13(19)11-6-4-10(2)5-7-11/h4-7H,3,8-9H2,1-2H3,(H,15,19). The fourth-order valence-electron chi connectivity index (χ4n) is 1.96. The fraction of sp³-hybridized carbons (Fsp3) is 0.357. The van der Waals surface area contributed by atoms with Gasteiger partial charge in [0.2, 0.25) is 0 Å². The molecule has 0 aliphatic carbocycles. The number of nitrogens with one attached hydrogen (secondary N) is 1. The molecule has 1 aliphatic heterocycles. The van der Waals surface area contributed by atoms with Gasteiger partial charge in [-0.15, -0.1) is 0 Å². The Kier molecular flexibility index (Phi) is 4.02. The summed E-state index contributed by atoms with van der Waals surface area (Å²) in [4.78, 5) is 36.7. The van der Waals surface area contributed by atoms with Crippen molar-refractivity contribution in [1.82, 2.24) is 15.3 Å². The largest absolute Gasteiger partial charge is 0.345 e. The lowest BCUT2D eigenvalue weighted by Crippen LogP contribution is -2.45. The average molecular weight is 275 g/mol. The molecule has 0 bridgehead atoms. The maximum absolute atomic E-state index is 12.0. The zero-order valence-corrected chi connectivity index (χ0v) is 11.5. The van der Waals surface area contributed by atoms with Gasteiger partial charge in [-0.1, -0.05) is 24.6 Å². The van der Waals surface area contributed by atoms with Crippen molar-refractivity contribution in [2.24, 2.45) is 0 Å². The van der Waals surface area contributed by atoms with E-state index in [-0.39, 0.29) is 12.5 Å². The molecule has 1 saturated heterocycles. The topological polar surface area (TPSA) is 69.7 Å². The molecule has 20 heavy (non-hydrogen) atoms. The molecule has 1 aliphatic rings. The number of benzene rings is 1. The predicted molar refractivity (Wildman–Crippen MR) is 72.8 cm³/mol. The van der Waals surface area contributed by atoms with Crippen LogP contribution in [0.2, 0.25) is 0 Å². The molecule has 0 aromatic heterocycles. The van der Waals surface area contributed by atoms with Crippen molar-refractivity contribution in [2.75, 3.05) is 13.1 Å². The summed E-state index contributed by atoms with van der Waals surface area (Å²) >= 11 is 0. The first-order valence-electron chi connectivity index (χ1n) is 6.52. The Hall–Kier alpha value is -2.37. The molecule has 1 aromatic rings. The maximum Gasteiger partial charge on any atom is 0.345 e. The minimum atomic E-state index is -0.475. The molecule has 2 rings (SSSR count). The molecule has 106 valence electrons. The average Bonchev–Trinajstić information content (AvgIpc) is 2.67. The molecule has 0 spiro atoms. The van der Waals surface area contributed by atoms with E-state index in [1.54, 1.807) is 12.1 Å². The molecule has 6 heteroatoms. The molecule has 1 heterocycles. The smallest absolute Gasteiger partial charge is 0.272 e. The van der Waals surface area contributed by atoms with Gasteiger partial charge in [-0.3, -0.25) is 19.9 Å². The summed E-state index contributed by atoms with van der Waals surface area (Å²) in [5, 5.41) is 1.06. The lowest BCUT2D eigenvalue weighted by Gasteiger charge is -2.17. The second kappa shape index (κ2) is 5.73. The highest BCUT2D eigenvalue weighted by Gasteiger charge is 2.36. The van der Waals surface area contributed by atoms with E-state index in [0.717, 1.165) is 15.5 Å². The summed E-state index contributed by atoms with van der Waals surface area (Å²) in [5.41, 5.74) is 3.96. The number of aryl methyl sites for hydroxylation is 1. The number of urea groups is 1. The number of imide groups is 1. The van der Waals surface area contributed by atoms with Crippen molar-refractivity contribution in [2.45, 2.75) is 20.3 Å². The van der Waals surface area contributed by atoms with E-state index >= 15 is 0 Å². The normalized spacial score (nSPS) is 14.9. The van der Waals surface area contributed by atoms with Crippen molar-refractivity contribution in [1.29, 1.82) is 0 Å². The van der Waals surface area contributed by atoms with Gasteiger partial charge < -0.3 is 0 Å². The third-order valence-corrected chi connectivity index (χ3v) is 3.05. The van der Waals surface area contributed by atoms with Crippen LogP contribution in [0.25, 0.3) is 0 Å². The van der Waals surface area contributed by atoms with Crippen LogP contribution >= 0.6 is 0 Å². The summed E-state index contributed by atoms with van der Waals surface area (Å²) in [7, 11) is 0. The van der Waals surface area contributed by atoms with Crippen LogP contribution in [0.15, 0.2) is 24.3 Å². The van der Waals surface area contributed by atoms with E-state index in [0.29, 0.717) is 18.5 Å². The van der Waals surface area contributed by atoms with Crippen LogP contribution in [-0.4, -0.2) is 40.8 Å². The van der Waals surface area contributed by atoms with Gasteiger partial charge in [0.05, 0.1) is 0 Å². The van der Waals surface area contributed by atoms with Crippen LogP contribution in [0, 0.1) is 6.92 Å². The summed E-state index contributed by atoms with van der Waals surface area (Å²) in [6.07, 6.45) is 0.692. The number of amides is 4. The lowest BCUT2D eigenvalue weighted by atomic mass is 10.1. The van der Waals surface area contributed by atoms with Crippen LogP contribution in [0.1, 0.15) is 29.3 Å². The number of rotatable bonds is 4. The number of hydrazine groups is 1. The first-order valence-corrected chi connectivity index (χ1v) is 6.52. The Morgan fingerprint density at radius 3 is 2.50 bits per heavy atom. The number of carbonyl (C=O) groups is 3. The van der Waals surface area contributed by atoms with Crippen molar-refractivity contribution < 1.29 is 14.4 Å². The third kappa shape index (κ3) is 2.79.